The Bertz CT molecular complexity index is 1180. The van der Waals surface area contributed by atoms with Gasteiger partial charge in [0.15, 0.2) is 10.6 Å². The van der Waals surface area contributed by atoms with Crippen molar-refractivity contribution in [1.82, 2.24) is 9.78 Å². The predicted octanol–water partition coefficient (Wildman–Crippen LogP) is 2.56. The first-order chi connectivity index (χ1) is 14.3. The summed E-state index contributed by atoms with van der Waals surface area (Å²) in [5.74, 6) is -0.246. The molecule has 0 radical (unpaired) electrons. The number of nitrogens with two attached hydrogens (primary N) is 1. The number of amides is 1. The van der Waals surface area contributed by atoms with Gasteiger partial charge in [0.1, 0.15) is 9.92 Å². The van der Waals surface area contributed by atoms with Crippen LogP contribution < -0.4 is 15.2 Å². The topological polar surface area (TPSA) is 123 Å². The first-order valence-corrected chi connectivity index (χ1v) is 12.2. The molecule has 4 N–H and O–H groups in total. The lowest BCUT2D eigenvalue weighted by Gasteiger charge is -2.23. The average Bonchev–Trinajstić information content (AvgIpc) is 3.10. The number of carbonyl (C=O) groups excluding carboxylic acids is 1. The molecule has 6 rings (SSSR count). The van der Waals surface area contributed by atoms with E-state index in [4.69, 9.17) is 14.7 Å². The maximum atomic E-state index is 13.4. The summed E-state index contributed by atoms with van der Waals surface area (Å²) in [6.07, 6.45) is 8.23. The molecule has 8 nitrogen and oxygen atoms in total. The third-order valence-corrected chi connectivity index (χ3v) is 8.03. The first-order valence-electron chi connectivity index (χ1n) is 10.6. The van der Waals surface area contributed by atoms with Crippen molar-refractivity contribution in [1.29, 1.82) is 4.78 Å². The van der Waals surface area contributed by atoms with Crippen LogP contribution in [0.4, 0.5) is 5.69 Å². The number of carbonyl (C=O) groups is 1. The van der Waals surface area contributed by atoms with Gasteiger partial charge < -0.3 is 10.1 Å². The maximum Gasteiger partial charge on any atom is 0.277 e. The van der Waals surface area contributed by atoms with Crippen molar-refractivity contribution in [3.63, 3.8) is 0 Å². The van der Waals surface area contributed by atoms with Gasteiger partial charge in [-0.1, -0.05) is 6.07 Å². The van der Waals surface area contributed by atoms with E-state index in [2.05, 4.69) is 16.5 Å². The van der Waals surface area contributed by atoms with Crippen LogP contribution in [0.3, 0.4) is 0 Å². The van der Waals surface area contributed by atoms with E-state index >= 15 is 0 Å². The van der Waals surface area contributed by atoms with Crippen molar-refractivity contribution >= 4 is 21.5 Å². The highest BCUT2D eigenvalue weighted by Gasteiger charge is 2.49. The average molecular weight is 428 g/mol. The third kappa shape index (κ3) is 2.71. The number of anilines is 1. The number of nitrogens with one attached hydrogen (secondary N) is 2. The highest BCUT2D eigenvalue weighted by molar-refractivity contribution is 7.90. The maximum absolute atomic E-state index is 13.4. The molecule has 0 saturated heterocycles. The van der Waals surface area contributed by atoms with Crippen LogP contribution in [0.15, 0.2) is 11.0 Å². The third-order valence-electron chi connectivity index (χ3n) is 7.05. The lowest BCUT2D eigenvalue weighted by Crippen LogP contribution is -2.28. The molecule has 1 amide bonds. The SMILES string of the molecule is N=S(N)(=O)c1c(C(=O)Nc2c3c(cc4c2CCC4)CCC3)nn2c1OCC1(CC1)C2. The molecule has 1 aromatic heterocycles. The summed E-state index contributed by atoms with van der Waals surface area (Å²) < 4.78 is 28.0. The molecule has 9 heteroatoms. The summed E-state index contributed by atoms with van der Waals surface area (Å²) >= 11 is 0. The second kappa shape index (κ2) is 6.07. The number of rotatable bonds is 3. The van der Waals surface area contributed by atoms with Crippen molar-refractivity contribution in [2.75, 3.05) is 11.9 Å². The molecule has 2 heterocycles. The second-order valence-electron chi connectivity index (χ2n) is 9.22. The molecule has 1 fully saturated rings. The van der Waals surface area contributed by atoms with E-state index in [1.165, 1.54) is 22.3 Å². The van der Waals surface area contributed by atoms with Crippen LogP contribution >= 0.6 is 0 Å². The first kappa shape index (κ1) is 18.4. The van der Waals surface area contributed by atoms with Crippen LogP contribution in [0.1, 0.15) is 58.4 Å². The largest absolute Gasteiger partial charge is 0.476 e. The van der Waals surface area contributed by atoms with Gasteiger partial charge in [0, 0.05) is 11.1 Å². The minimum absolute atomic E-state index is 0.0486. The molecular weight excluding hydrogens is 402 g/mol. The lowest BCUT2D eigenvalue weighted by molar-refractivity contribution is 0.101. The number of fused-ring (bicyclic) bond motifs is 3. The Hall–Kier alpha value is -2.39. The van der Waals surface area contributed by atoms with Gasteiger partial charge in [-0.3, -0.25) is 4.79 Å². The number of aryl methyl sites for hydroxylation is 2. The monoisotopic (exact) mass is 427 g/mol. The molecule has 4 aliphatic rings. The molecular formula is C21H25N5O3S. The van der Waals surface area contributed by atoms with E-state index in [0.29, 0.717) is 13.2 Å². The predicted molar refractivity (Wildman–Crippen MR) is 111 cm³/mol. The molecule has 3 aliphatic carbocycles. The Balaban J connectivity index is 1.43. The fourth-order valence-electron chi connectivity index (χ4n) is 5.30. The molecule has 158 valence electrons. The fraction of sp³-hybridized carbons (Fsp3) is 0.524. The molecule has 0 bridgehead atoms. The summed E-state index contributed by atoms with van der Waals surface area (Å²) in [5, 5.41) is 13.2. The van der Waals surface area contributed by atoms with Gasteiger partial charge in [0.05, 0.1) is 13.2 Å². The van der Waals surface area contributed by atoms with Gasteiger partial charge in [0.2, 0.25) is 5.88 Å². The van der Waals surface area contributed by atoms with Crippen molar-refractivity contribution in [3.8, 4) is 5.88 Å². The van der Waals surface area contributed by atoms with Gasteiger partial charge in [-0.15, -0.1) is 0 Å². The minimum atomic E-state index is -3.68. The molecule has 1 atom stereocenters. The van der Waals surface area contributed by atoms with E-state index < -0.39 is 15.8 Å². The van der Waals surface area contributed by atoms with E-state index in [9.17, 15) is 9.00 Å². The van der Waals surface area contributed by atoms with Gasteiger partial charge in [-0.05, 0) is 73.6 Å². The molecule has 1 aromatic carbocycles. The van der Waals surface area contributed by atoms with E-state index in [-0.39, 0.29) is 21.9 Å². The zero-order chi connectivity index (χ0) is 20.7. The Morgan fingerprint density at radius 1 is 1.20 bits per heavy atom. The quantitative estimate of drug-likeness (QED) is 0.696. The molecule has 2 aromatic rings. The van der Waals surface area contributed by atoms with Gasteiger partial charge >= 0.3 is 0 Å². The Kier molecular flexibility index (Phi) is 3.72. The molecule has 30 heavy (non-hydrogen) atoms. The zero-order valence-corrected chi connectivity index (χ0v) is 17.6. The number of hydrogen-bond acceptors (Lipinski definition) is 5. The fourth-order valence-corrected chi connectivity index (χ4v) is 6.15. The van der Waals surface area contributed by atoms with Gasteiger partial charge in [0.25, 0.3) is 5.91 Å². The normalized spacial score (nSPS) is 22.0. The minimum Gasteiger partial charge on any atom is -0.476 e. The van der Waals surface area contributed by atoms with Crippen molar-refractivity contribution < 1.29 is 13.7 Å². The molecule has 1 unspecified atom stereocenters. The number of benzene rings is 1. The van der Waals surface area contributed by atoms with Crippen LogP contribution in [0.5, 0.6) is 5.88 Å². The Labute approximate surface area is 175 Å². The summed E-state index contributed by atoms with van der Waals surface area (Å²) in [7, 11) is -3.68. The summed E-state index contributed by atoms with van der Waals surface area (Å²) in [6.45, 7) is 1.09. The number of ether oxygens (including phenoxy) is 1. The lowest BCUT2D eigenvalue weighted by atomic mass is 9.98. The Morgan fingerprint density at radius 3 is 2.47 bits per heavy atom. The van der Waals surface area contributed by atoms with Gasteiger partial charge in [-0.2, -0.15) is 5.10 Å². The van der Waals surface area contributed by atoms with Crippen molar-refractivity contribution in [3.05, 3.63) is 34.0 Å². The van der Waals surface area contributed by atoms with Crippen LogP contribution in [-0.4, -0.2) is 26.5 Å². The second-order valence-corrected chi connectivity index (χ2v) is 10.8. The van der Waals surface area contributed by atoms with Gasteiger partial charge in [-0.25, -0.2) is 18.8 Å². The highest BCUT2D eigenvalue weighted by atomic mass is 32.2. The molecule has 1 spiro atoms. The summed E-state index contributed by atoms with van der Waals surface area (Å²) in [5.41, 5.74) is 5.96. The Morgan fingerprint density at radius 2 is 1.87 bits per heavy atom. The van der Waals surface area contributed by atoms with Crippen molar-refractivity contribution in [2.45, 2.75) is 62.8 Å². The number of nitrogens with zero attached hydrogens (tertiary/aromatic N) is 2. The molecule has 1 aliphatic heterocycles. The highest BCUT2D eigenvalue weighted by Crippen LogP contribution is 2.51. The molecule has 1 saturated carbocycles. The van der Waals surface area contributed by atoms with E-state index in [1.54, 1.807) is 4.68 Å². The van der Waals surface area contributed by atoms with Crippen LogP contribution in [0.25, 0.3) is 0 Å². The smallest absolute Gasteiger partial charge is 0.277 e. The van der Waals surface area contributed by atoms with E-state index in [1.807, 2.05) is 0 Å². The van der Waals surface area contributed by atoms with Crippen molar-refractivity contribution in [2.24, 2.45) is 10.6 Å². The number of hydrogen-bond donors (Lipinski definition) is 3. The van der Waals surface area contributed by atoms with E-state index in [0.717, 1.165) is 57.1 Å². The number of aromatic nitrogens is 2. The van der Waals surface area contributed by atoms with Crippen LogP contribution in [0, 0.1) is 10.2 Å². The standard InChI is InChI=1S/C21H25N5O3S/c22-30(23,28)18-17(25-26-10-21(7-8-21)11-29-20(18)26)19(27)24-16-14-5-1-3-12(14)9-13-4-2-6-15(13)16/h9H,1-8,10-11H2,(H,24,27)(H3,22,23,28). The van der Waals surface area contributed by atoms with Crippen LogP contribution in [0.2, 0.25) is 0 Å². The summed E-state index contributed by atoms with van der Waals surface area (Å²) in [4.78, 5) is 13.3. The zero-order valence-electron chi connectivity index (χ0n) is 16.8. The van der Waals surface area contributed by atoms with Crippen LogP contribution in [-0.2, 0) is 42.1 Å². The summed E-state index contributed by atoms with van der Waals surface area (Å²) in [6, 6.07) is 2.31.